The molecule has 29 heavy (non-hydrogen) atoms. The van der Waals surface area contributed by atoms with E-state index in [1.54, 1.807) is 0 Å². The molecule has 0 bridgehead atoms. The maximum atomic E-state index is 12.7. The molecule has 0 unspecified atom stereocenters. The molecule has 0 aliphatic rings. The van der Waals surface area contributed by atoms with Crippen molar-refractivity contribution in [2.45, 2.75) is 6.18 Å². The Morgan fingerprint density at radius 3 is 2.62 bits per heavy atom. The number of hydrogen-bond donors (Lipinski definition) is 1. The van der Waals surface area contributed by atoms with E-state index in [-0.39, 0.29) is 40.5 Å². The van der Waals surface area contributed by atoms with Gasteiger partial charge in [0.15, 0.2) is 0 Å². The normalized spacial score (nSPS) is 11.5. The van der Waals surface area contributed by atoms with Gasteiger partial charge in [-0.05, 0) is 18.2 Å². The fourth-order valence-electron chi connectivity index (χ4n) is 2.04. The van der Waals surface area contributed by atoms with Crippen LogP contribution in [0.4, 0.5) is 18.9 Å². The fourth-order valence-corrected chi connectivity index (χ4v) is 2.45. The summed E-state index contributed by atoms with van der Waals surface area (Å²) < 4.78 is 43.2. The summed E-state index contributed by atoms with van der Waals surface area (Å²) in [4.78, 5) is 25.8. The second-order valence-corrected chi connectivity index (χ2v) is 6.22. The molecule has 0 fully saturated rings. The van der Waals surface area contributed by atoms with Crippen LogP contribution in [0.3, 0.4) is 0 Å². The van der Waals surface area contributed by atoms with Gasteiger partial charge in [0.2, 0.25) is 5.88 Å². The second-order valence-electron chi connectivity index (χ2n) is 5.43. The molecule has 0 radical (unpaired) electrons. The summed E-state index contributed by atoms with van der Waals surface area (Å²) in [5.74, 6) is -0.933. The number of carbonyl (C=O) groups excluding carboxylic acids is 1. The predicted octanol–water partition coefficient (Wildman–Crippen LogP) is 4.68. The quantitative estimate of drug-likeness (QED) is 0.286. The van der Waals surface area contributed by atoms with Gasteiger partial charge in [-0.1, -0.05) is 29.3 Å². The Hall–Kier alpha value is -2.85. The molecule has 0 spiro atoms. The number of amides is 1. The lowest BCUT2D eigenvalue weighted by atomic mass is 10.2. The van der Waals surface area contributed by atoms with Gasteiger partial charge in [0.1, 0.15) is 11.8 Å². The zero-order valence-electron chi connectivity index (χ0n) is 14.4. The van der Waals surface area contributed by atoms with Gasteiger partial charge in [-0.3, -0.25) is 14.9 Å². The van der Waals surface area contributed by atoms with Crippen LogP contribution in [0, 0.1) is 10.1 Å². The van der Waals surface area contributed by atoms with Gasteiger partial charge in [0.25, 0.3) is 11.6 Å². The molecule has 2 rings (SSSR count). The van der Waals surface area contributed by atoms with Gasteiger partial charge in [-0.15, -0.1) is 0 Å². The number of aromatic nitrogens is 1. The summed E-state index contributed by atoms with van der Waals surface area (Å²) >= 11 is 11.4. The van der Waals surface area contributed by atoms with Gasteiger partial charge >= 0.3 is 6.18 Å². The molecular weight excluding hydrogens is 438 g/mol. The number of halogens is 5. The van der Waals surface area contributed by atoms with E-state index in [1.807, 2.05) is 0 Å². The predicted molar refractivity (Wildman–Crippen MR) is 99.3 cm³/mol. The maximum absolute atomic E-state index is 12.7. The zero-order chi connectivity index (χ0) is 21.6. The van der Waals surface area contributed by atoms with Crippen molar-refractivity contribution in [1.29, 1.82) is 0 Å². The largest absolute Gasteiger partial charge is 0.473 e. The van der Waals surface area contributed by atoms with Crippen LogP contribution in [0.2, 0.25) is 10.2 Å². The number of rotatable bonds is 7. The molecule has 0 aliphatic carbocycles. The van der Waals surface area contributed by atoms with Crippen LogP contribution in [-0.4, -0.2) is 29.0 Å². The van der Waals surface area contributed by atoms with Crippen molar-refractivity contribution in [3.8, 4) is 5.88 Å². The van der Waals surface area contributed by atoms with Crippen LogP contribution in [0.15, 0.2) is 42.5 Å². The molecule has 0 saturated carbocycles. The molecule has 1 N–H and O–H groups in total. The third-order valence-corrected chi connectivity index (χ3v) is 3.90. The Bertz CT molecular complexity index is 952. The highest BCUT2D eigenvalue weighted by molar-refractivity contribution is 6.34. The van der Waals surface area contributed by atoms with Crippen LogP contribution < -0.4 is 10.1 Å². The molecule has 2 aromatic rings. The zero-order valence-corrected chi connectivity index (χ0v) is 15.9. The summed E-state index contributed by atoms with van der Waals surface area (Å²) in [7, 11) is 0. The number of nitro groups is 1. The van der Waals surface area contributed by atoms with Crippen LogP contribution in [0.25, 0.3) is 0 Å². The number of alkyl halides is 3. The Morgan fingerprint density at radius 2 is 1.97 bits per heavy atom. The third kappa shape index (κ3) is 6.61. The van der Waals surface area contributed by atoms with E-state index in [2.05, 4.69) is 10.3 Å². The molecule has 0 atom stereocenters. The number of nitrogens with one attached hydrogen (secondary N) is 1. The van der Waals surface area contributed by atoms with E-state index in [0.29, 0.717) is 12.1 Å². The lowest BCUT2D eigenvalue weighted by molar-refractivity contribution is -0.384. The highest BCUT2D eigenvalue weighted by Gasteiger charge is 2.31. The summed E-state index contributed by atoms with van der Waals surface area (Å²) in [5.41, 5.74) is -1.33. The van der Waals surface area contributed by atoms with Crippen LogP contribution in [-0.2, 0) is 6.18 Å². The Morgan fingerprint density at radius 1 is 1.24 bits per heavy atom. The van der Waals surface area contributed by atoms with E-state index < -0.39 is 22.6 Å². The molecule has 154 valence electrons. The van der Waals surface area contributed by atoms with Crippen LogP contribution >= 0.6 is 23.2 Å². The number of nitro benzene ring substituents is 1. The van der Waals surface area contributed by atoms with Crippen molar-refractivity contribution in [2.24, 2.45) is 0 Å². The molecular formula is C17H12Cl2F3N3O4. The van der Waals surface area contributed by atoms with Crippen LogP contribution in [0.1, 0.15) is 15.9 Å². The Labute approximate surface area is 172 Å². The second kappa shape index (κ2) is 9.57. The molecule has 1 amide bonds. The average molecular weight is 450 g/mol. The number of pyridine rings is 1. The van der Waals surface area contributed by atoms with Gasteiger partial charge in [-0.25, -0.2) is 4.98 Å². The number of hydrogen-bond acceptors (Lipinski definition) is 5. The molecule has 12 heteroatoms. The minimum Gasteiger partial charge on any atom is -0.473 e. The SMILES string of the molecule is O=C(NC/C=C/COc1cc(C(F)(F)F)cc(Cl)n1)c1cc([N+](=O)[O-])ccc1Cl. The first-order valence-electron chi connectivity index (χ1n) is 7.82. The van der Waals surface area contributed by atoms with E-state index >= 15 is 0 Å². The first-order valence-corrected chi connectivity index (χ1v) is 8.58. The van der Waals surface area contributed by atoms with E-state index in [9.17, 15) is 28.1 Å². The first-order chi connectivity index (χ1) is 13.6. The number of carbonyl (C=O) groups is 1. The topological polar surface area (TPSA) is 94.4 Å². The lowest BCUT2D eigenvalue weighted by Gasteiger charge is -2.09. The van der Waals surface area contributed by atoms with Crippen molar-refractivity contribution in [3.05, 3.63) is 73.9 Å². The molecule has 1 aromatic heterocycles. The summed E-state index contributed by atoms with van der Waals surface area (Å²) in [6, 6.07) is 4.86. The van der Waals surface area contributed by atoms with Gasteiger partial charge in [0.05, 0.1) is 21.1 Å². The van der Waals surface area contributed by atoms with Crippen molar-refractivity contribution < 1.29 is 27.6 Å². The number of ether oxygens (including phenoxy) is 1. The highest BCUT2D eigenvalue weighted by atomic mass is 35.5. The minimum absolute atomic E-state index is 0.0258. The van der Waals surface area contributed by atoms with Crippen molar-refractivity contribution in [3.63, 3.8) is 0 Å². The van der Waals surface area contributed by atoms with Crippen molar-refractivity contribution in [1.82, 2.24) is 10.3 Å². The smallest absolute Gasteiger partial charge is 0.416 e. The third-order valence-electron chi connectivity index (χ3n) is 3.38. The lowest BCUT2D eigenvalue weighted by Crippen LogP contribution is -2.23. The minimum atomic E-state index is -4.58. The summed E-state index contributed by atoms with van der Waals surface area (Å²) in [6.45, 7) is -0.101. The number of benzene rings is 1. The van der Waals surface area contributed by atoms with Crippen molar-refractivity contribution in [2.75, 3.05) is 13.2 Å². The van der Waals surface area contributed by atoms with Gasteiger partial charge in [-0.2, -0.15) is 13.2 Å². The van der Waals surface area contributed by atoms with E-state index in [1.165, 1.54) is 24.3 Å². The molecule has 0 aliphatic heterocycles. The average Bonchev–Trinajstić information content (AvgIpc) is 2.63. The van der Waals surface area contributed by atoms with Crippen molar-refractivity contribution >= 4 is 34.8 Å². The van der Waals surface area contributed by atoms with E-state index in [4.69, 9.17) is 27.9 Å². The molecule has 1 aromatic carbocycles. The monoisotopic (exact) mass is 449 g/mol. The van der Waals surface area contributed by atoms with Crippen LogP contribution in [0.5, 0.6) is 5.88 Å². The highest BCUT2D eigenvalue weighted by Crippen LogP contribution is 2.32. The summed E-state index contributed by atoms with van der Waals surface area (Å²) in [5, 5.41) is 12.9. The van der Waals surface area contributed by atoms with Gasteiger partial charge < -0.3 is 10.1 Å². The number of nitrogens with zero attached hydrogens (tertiary/aromatic N) is 2. The fraction of sp³-hybridized carbons (Fsp3) is 0.176. The van der Waals surface area contributed by atoms with Gasteiger partial charge in [0, 0.05) is 24.7 Å². The maximum Gasteiger partial charge on any atom is 0.416 e. The molecule has 0 saturated heterocycles. The standard InChI is InChI=1S/C17H12Cl2F3N3O4/c18-13-4-3-11(25(27)28)9-12(13)16(26)23-5-1-2-6-29-15-8-10(17(20,21)22)7-14(19)24-15/h1-4,7-9H,5-6H2,(H,23,26)/b2-1+. The molecule has 7 nitrogen and oxygen atoms in total. The first kappa shape index (κ1) is 22.4. The van der Waals surface area contributed by atoms with E-state index in [0.717, 1.165) is 6.07 Å². The Kier molecular flexibility index (Phi) is 7.40. The molecule has 1 heterocycles. The summed E-state index contributed by atoms with van der Waals surface area (Å²) in [6.07, 6.45) is -1.68. The number of non-ortho nitro benzene ring substituents is 1. The Balaban J connectivity index is 1.88.